The van der Waals surface area contributed by atoms with Gasteiger partial charge in [0.1, 0.15) is 22.8 Å². The number of Topliss-reactive ketones (excluding diaryl/α,β-unsaturated/α-hetero) is 1. The standard InChI is InChI=1S/C27H29NO10/c1-10-22(30)14(28)7-17(37-10)38-16-9-27(35,11(2)29)8-13-19(16)26(34)21-20(24(13)32)23(31)12-5-4-6-15(36-3)18(12)25(21)33/h4-6,10,14,16-17,22,30,32,34-35H,7-9,28H2,1-3H3/t10?,14?,16-,17?,22?,27?/m0/s1. The van der Waals surface area contributed by atoms with Gasteiger partial charge in [0, 0.05) is 42.0 Å². The lowest BCUT2D eigenvalue weighted by molar-refractivity contribution is -0.247. The molecule has 38 heavy (non-hydrogen) atoms. The number of hydrogen-bond acceptors (Lipinski definition) is 11. The van der Waals surface area contributed by atoms with Gasteiger partial charge in [0.2, 0.25) is 5.78 Å². The van der Waals surface area contributed by atoms with E-state index in [9.17, 15) is 34.8 Å². The van der Waals surface area contributed by atoms with Gasteiger partial charge in [0.15, 0.2) is 17.9 Å². The third-order valence-electron chi connectivity index (χ3n) is 7.80. The molecule has 1 heterocycles. The number of aromatic hydroxyl groups is 2. The molecule has 2 aliphatic carbocycles. The summed E-state index contributed by atoms with van der Waals surface area (Å²) in [6.45, 7) is 2.79. The van der Waals surface area contributed by atoms with Crippen LogP contribution in [0.25, 0.3) is 0 Å². The monoisotopic (exact) mass is 527 g/mol. The van der Waals surface area contributed by atoms with Crippen molar-refractivity contribution in [2.45, 2.75) is 69.4 Å². The molecule has 0 radical (unpaired) electrons. The third kappa shape index (κ3) is 3.81. The Morgan fingerprint density at radius 3 is 2.45 bits per heavy atom. The lowest BCUT2D eigenvalue weighted by Gasteiger charge is -2.42. The first kappa shape index (κ1) is 26.3. The molecule has 5 unspecified atom stereocenters. The second-order valence-corrected chi connectivity index (χ2v) is 10.1. The minimum absolute atomic E-state index is 0.0147. The molecule has 0 aromatic heterocycles. The normalized spacial score (nSPS) is 30.3. The number of hydrogen-bond donors (Lipinski definition) is 5. The number of carbonyl (C=O) groups excluding carboxylic acids is 3. The number of aliphatic hydroxyl groups excluding tert-OH is 1. The Balaban J connectivity index is 1.68. The van der Waals surface area contributed by atoms with E-state index in [1.54, 1.807) is 6.92 Å². The van der Waals surface area contributed by atoms with Crippen molar-refractivity contribution in [2.24, 2.45) is 5.73 Å². The predicted molar refractivity (Wildman–Crippen MR) is 130 cm³/mol. The zero-order valence-corrected chi connectivity index (χ0v) is 21.1. The number of carbonyl (C=O) groups is 3. The van der Waals surface area contributed by atoms with Crippen LogP contribution >= 0.6 is 0 Å². The van der Waals surface area contributed by atoms with Crippen LogP contribution < -0.4 is 10.5 Å². The van der Waals surface area contributed by atoms with E-state index in [2.05, 4.69) is 0 Å². The summed E-state index contributed by atoms with van der Waals surface area (Å²) >= 11 is 0. The van der Waals surface area contributed by atoms with Crippen molar-refractivity contribution < 1.29 is 49.0 Å². The van der Waals surface area contributed by atoms with Crippen LogP contribution in [0.5, 0.6) is 17.2 Å². The molecule has 1 saturated heterocycles. The number of aliphatic hydroxyl groups is 2. The number of ether oxygens (including phenoxy) is 3. The molecule has 1 fully saturated rings. The lowest BCUT2D eigenvalue weighted by atomic mass is 9.72. The van der Waals surface area contributed by atoms with Crippen LogP contribution in [0.3, 0.4) is 0 Å². The summed E-state index contributed by atoms with van der Waals surface area (Å²) in [5.74, 6) is -3.18. The van der Waals surface area contributed by atoms with Crippen molar-refractivity contribution in [1.29, 1.82) is 0 Å². The van der Waals surface area contributed by atoms with Crippen LogP contribution in [0.2, 0.25) is 0 Å². The molecular weight excluding hydrogens is 498 g/mol. The minimum atomic E-state index is -2.00. The van der Waals surface area contributed by atoms with E-state index < -0.39 is 82.6 Å². The van der Waals surface area contributed by atoms with Crippen LogP contribution in [0.4, 0.5) is 0 Å². The summed E-state index contributed by atoms with van der Waals surface area (Å²) < 4.78 is 17.1. The van der Waals surface area contributed by atoms with E-state index in [4.69, 9.17) is 19.9 Å². The molecule has 1 aliphatic heterocycles. The molecule has 6 atom stereocenters. The Bertz CT molecular complexity index is 1360. The van der Waals surface area contributed by atoms with E-state index in [0.717, 1.165) is 0 Å². The Hall–Kier alpha value is -3.35. The molecule has 2 aromatic rings. The highest BCUT2D eigenvalue weighted by Crippen LogP contribution is 2.52. The van der Waals surface area contributed by atoms with Crippen LogP contribution in [0.15, 0.2) is 18.2 Å². The number of phenolic OH excluding ortho intramolecular Hbond substituents is 2. The molecule has 0 spiro atoms. The molecule has 2 aromatic carbocycles. The van der Waals surface area contributed by atoms with Crippen molar-refractivity contribution >= 4 is 17.3 Å². The summed E-state index contributed by atoms with van der Waals surface area (Å²) in [6.07, 6.45) is -4.53. The Morgan fingerprint density at radius 1 is 1.13 bits per heavy atom. The average molecular weight is 528 g/mol. The second kappa shape index (κ2) is 9.14. The number of benzene rings is 2. The molecule has 0 amide bonds. The Kier molecular flexibility index (Phi) is 6.32. The maximum atomic E-state index is 13.6. The van der Waals surface area contributed by atoms with Gasteiger partial charge in [-0.3, -0.25) is 14.4 Å². The van der Waals surface area contributed by atoms with Gasteiger partial charge < -0.3 is 40.4 Å². The fourth-order valence-electron chi connectivity index (χ4n) is 5.66. The van der Waals surface area contributed by atoms with Crippen LogP contribution in [0.1, 0.15) is 75.8 Å². The van der Waals surface area contributed by atoms with Gasteiger partial charge >= 0.3 is 0 Å². The van der Waals surface area contributed by atoms with Gasteiger partial charge in [0.05, 0.1) is 42.1 Å². The summed E-state index contributed by atoms with van der Waals surface area (Å²) in [5, 5.41) is 44.1. The Morgan fingerprint density at radius 2 is 1.82 bits per heavy atom. The average Bonchev–Trinajstić information content (AvgIpc) is 2.87. The van der Waals surface area contributed by atoms with E-state index in [-0.39, 0.29) is 40.8 Å². The molecule has 11 nitrogen and oxygen atoms in total. The Labute approximate surface area is 217 Å². The lowest BCUT2D eigenvalue weighted by Crippen LogP contribution is -2.52. The molecule has 11 heteroatoms. The van der Waals surface area contributed by atoms with Crippen LogP contribution in [-0.2, 0) is 20.7 Å². The SMILES string of the molecule is COc1cccc2c1C(=O)c1c(O)c3c(c(O)c1C2=O)CC(O)(C(C)=O)C[C@@H]3OC1CC(N)C(O)C(C)O1. The highest BCUT2D eigenvalue weighted by atomic mass is 16.7. The van der Waals surface area contributed by atoms with Gasteiger partial charge in [-0.2, -0.15) is 0 Å². The first-order chi connectivity index (χ1) is 17.9. The summed E-state index contributed by atoms with van der Waals surface area (Å²) in [6, 6.07) is 3.75. The fourth-order valence-corrected chi connectivity index (χ4v) is 5.66. The maximum absolute atomic E-state index is 13.6. The second-order valence-electron chi connectivity index (χ2n) is 10.1. The molecule has 3 aliphatic rings. The zero-order chi connectivity index (χ0) is 27.7. The number of rotatable bonds is 4. The topological polar surface area (TPSA) is 186 Å². The number of methoxy groups -OCH3 is 1. The van der Waals surface area contributed by atoms with Crippen molar-refractivity contribution in [1.82, 2.24) is 0 Å². The molecule has 5 rings (SSSR count). The third-order valence-corrected chi connectivity index (χ3v) is 7.80. The van der Waals surface area contributed by atoms with Crippen LogP contribution in [-0.4, -0.2) is 75.0 Å². The number of fused-ring (bicyclic) bond motifs is 3. The van der Waals surface area contributed by atoms with Crippen molar-refractivity contribution in [3.63, 3.8) is 0 Å². The van der Waals surface area contributed by atoms with Crippen LogP contribution in [0, 0.1) is 0 Å². The number of ketones is 3. The van der Waals surface area contributed by atoms with E-state index in [1.807, 2.05) is 0 Å². The smallest absolute Gasteiger partial charge is 0.202 e. The summed E-state index contributed by atoms with van der Waals surface area (Å²) in [7, 11) is 1.34. The molecular formula is C27H29NO10. The van der Waals surface area contributed by atoms with Gasteiger partial charge in [0.25, 0.3) is 0 Å². The highest BCUT2D eigenvalue weighted by Gasteiger charge is 2.49. The van der Waals surface area contributed by atoms with Gasteiger partial charge in [-0.05, 0) is 19.9 Å². The van der Waals surface area contributed by atoms with Crippen molar-refractivity contribution in [3.05, 3.63) is 51.6 Å². The first-order valence-corrected chi connectivity index (χ1v) is 12.2. The van der Waals surface area contributed by atoms with E-state index in [0.29, 0.717) is 0 Å². The molecule has 6 N–H and O–H groups in total. The molecule has 0 saturated carbocycles. The first-order valence-electron chi connectivity index (χ1n) is 12.2. The summed E-state index contributed by atoms with van der Waals surface area (Å²) in [5.41, 5.74) is 2.97. The minimum Gasteiger partial charge on any atom is -0.507 e. The summed E-state index contributed by atoms with van der Waals surface area (Å²) in [4.78, 5) is 39.6. The van der Waals surface area contributed by atoms with Crippen molar-refractivity contribution in [2.75, 3.05) is 7.11 Å². The van der Waals surface area contributed by atoms with Crippen molar-refractivity contribution in [3.8, 4) is 17.2 Å². The predicted octanol–water partition coefficient (Wildman–Crippen LogP) is 1.03. The zero-order valence-electron chi connectivity index (χ0n) is 21.1. The number of nitrogens with two attached hydrogens (primary N) is 1. The van der Waals surface area contributed by atoms with Gasteiger partial charge in [-0.25, -0.2) is 0 Å². The van der Waals surface area contributed by atoms with Gasteiger partial charge in [-0.1, -0.05) is 12.1 Å². The molecule has 202 valence electrons. The quantitative estimate of drug-likeness (QED) is 0.305. The largest absolute Gasteiger partial charge is 0.507 e. The number of phenols is 2. The van der Waals surface area contributed by atoms with E-state index in [1.165, 1.54) is 32.2 Å². The highest BCUT2D eigenvalue weighted by molar-refractivity contribution is 6.31. The van der Waals surface area contributed by atoms with Gasteiger partial charge in [-0.15, -0.1) is 0 Å². The molecule has 0 bridgehead atoms. The van der Waals surface area contributed by atoms with E-state index >= 15 is 0 Å². The fraction of sp³-hybridized carbons (Fsp3) is 0.444. The maximum Gasteiger partial charge on any atom is 0.202 e.